The highest BCUT2D eigenvalue weighted by Crippen LogP contribution is 2.14. The average Bonchev–Trinajstić information content (AvgIpc) is 2.60. The van der Waals surface area contributed by atoms with Gasteiger partial charge < -0.3 is 4.48 Å². The topological polar surface area (TPSA) is 34.1 Å². The molecule has 164 valence electrons. The molecule has 27 heavy (non-hydrogen) atoms. The van der Waals surface area contributed by atoms with Crippen LogP contribution in [0.2, 0.25) is 0 Å². The van der Waals surface area contributed by atoms with Crippen LogP contribution in [0.25, 0.3) is 0 Å². The van der Waals surface area contributed by atoms with Crippen LogP contribution in [0.15, 0.2) is 0 Å². The van der Waals surface area contributed by atoms with Gasteiger partial charge in [-0.15, -0.1) is 0 Å². The number of quaternary nitrogens is 1. The fourth-order valence-electron chi connectivity index (χ4n) is 3.83. The number of thiol groups is 1. The van der Waals surface area contributed by atoms with E-state index in [1.54, 1.807) is 0 Å². The largest absolute Gasteiger partial charge is 0.328 e. The lowest BCUT2D eigenvalue weighted by molar-refractivity contribution is -0.890. The van der Waals surface area contributed by atoms with E-state index in [0.29, 0.717) is 5.75 Å². The van der Waals surface area contributed by atoms with Crippen molar-refractivity contribution < 1.29 is 12.9 Å². The number of unbranched alkanes of at least 4 members (excludes halogenated alkanes) is 15. The predicted molar refractivity (Wildman–Crippen MR) is 121 cm³/mol. The minimum absolute atomic E-state index is 0.343. The third kappa shape index (κ3) is 22.1. The van der Waals surface area contributed by atoms with Crippen molar-refractivity contribution in [3.8, 4) is 0 Å². The molecule has 0 spiro atoms. The van der Waals surface area contributed by atoms with E-state index in [0.717, 1.165) is 17.4 Å². The first-order chi connectivity index (χ1) is 13.0. The summed E-state index contributed by atoms with van der Waals surface area (Å²) in [5, 5.41) is 0. The smallest absolute Gasteiger partial charge is 0.140 e. The molecule has 0 saturated heterocycles. The van der Waals surface area contributed by atoms with Crippen LogP contribution in [0.4, 0.5) is 0 Å². The molecule has 0 aromatic rings. The number of rotatable bonds is 21. The molecule has 0 fully saturated rings. The lowest BCUT2D eigenvalue weighted by atomic mass is 10.0. The highest BCUT2D eigenvalue weighted by molar-refractivity contribution is 7.72. The maximum atomic E-state index is 10.6. The van der Waals surface area contributed by atoms with Crippen molar-refractivity contribution in [3.63, 3.8) is 0 Å². The predicted octanol–water partition coefficient (Wildman–Crippen LogP) is 6.33. The Labute approximate surface area is 172 Å². The van der Waals surface area contributed by atoms with Crippen LogP contribution in [-0.2, 0) is 10.7 Å². The Morgan fingerprint density at radius 3 is 1.22 bits per heavy atom. The molecule has 0 aromatic carbocycles. The van der Waals surface area contributed by atoms with Gasteiger partial charge in [0.1, 0.15) is 10.7 Å². The van der Waals surface area contributed by atoms with Crippen LogP contribution in [-0.4, -0.2) is 45.8 Å². The lowest BCUT2D eigenvalue weighted by Crippen LogP contribution is -2.41. The van der Waals surface area contributed by atoms with Crippen LogP contribution in [0.3, 0.4) is 0 Å². The van der Waals surface area contributed by atoms with Gasteiger partial charge in [-0.2, -0.15) is 0 Å². The van der Waals surface area contributed by atoms with Gasteiger partial charge in [-0.05, 0) is 12.8 Å². The summed E-state index contributed by atoms with van der Waals surface area (Å²) in [6.45, 7) is 4.43. The molecule has 0 atom stereocenters. The van der Waals surface area contributed by atoms with Gasteiger partial charge >= 0.3 is 0 Å². The van der Waals surface area contributed by atoms with Gasteiger partial charge in [-0.25, -0.2) is 8.42 Å². The standard InChI is InChI=1S/C23H50NO2S/c1-4-5-6-7-8-9-10-11-12-13-14-15-16-17-18-19-21-24(2,3)22-20-23-27(25)26/h27H,4-23H2,1-3H3/q+1. The normalized spacial score (nSPS) is 12.1. The van der Waals surface area contributed by atoms with E-state index in [2.05, 4.69) is 21.0 Å². The zero-order chi connectivity index (χ0) is 20.2. The maximum Gasteiger partial charge on any atom is 0.140 e. The second-order valence-electron chi connectivity index (χ2n) is 9.10. The Kier molecular flexibility index (Phi) is 19.2. The van der Waals surface area contributed by atoms with Crippen LogP contribution in [0.5, 0.6) is 0 Å². The van der Waals surface area contributed by atoms with Gasteiger partial charge in [0.25, 0.3) is 0 Å². The number of hydrogen-bond acceptors (Lipinski definition) is 2. The summed E-state index contributed by atoms with van der Waals surface area (Å²) in [7, 11) is 2.25. The molecule has 0 aliphatic heterocycles. The third-order valence-electron chi connectivity index (χ3n) is 5.72. The summed E-state index contributed by atoms with van der Waals surface area (Å²) in [6.07, 6.45) is 23.3. The molecule has 0 bridgehead atoms. The second kappa shape index (κ2) is 19.2. The SMILES string of the molecule is CCCCCCCCCCCCCCCCCC[N+](C)(C)CCC[SH](=O)=O. The van der Waals surface area contributed by atoms with Crippen molar-refractivity contribution in [1.82, 2.24) is 0 Å². The van der Waals surface area contributed by atoms with Crippen molar-refractivity contribution >= 4 is 10.7 Å². The summed E-state index contributed by atoms with van der Waals surface area (Å²) in [4.78, 5) is 0. The summed E-state index contributed by atoms with van der Waals surface area (Å²) in [5.41, 5.74) is 0. The first-order valence-corrected chi connectivity index (χ1v) is 13.3. The van der Waals surface area contributed by atoms with E-state index >= 15 is 0 Å². The maximum absolute atomic E-state index is 10.6. The summed E-state index contributed by atoms with van der Waals surface area (Å²) >= 11 is 0. The minimum atomic E-state index is -2.20. The summed E-state index contributed by atoms with van der Waals surface area (Å²) in [5.74, 6) is 0.343. The first kappa shape index (κ1) is 26.9. The van der Waals surface area contributed by atoms with E-state index < -0.39 is 10.7 Å². The zero-order valence-electron chi connectivity index (χ0n) is 18.9. The fraction of sp³-hybridized carbons (Fsp3) is 1.00. The van der Waals surface area contributed by atoms with Crippen LogP contribution in [0.1, 0.15) is 116 Å². The van der Waals surface area contributed by atoms with Crippen LogP contribution >= 0.6 is 0 Å². The van der Waals surface area contributed by atoms with Gasteiger partial charge in [-0.1, -0.05) is 96.8 Å². The first-order valence-electron chi connectivity index (χ1n) is 11.9. The van der Waals surface area contributed by atoms with Crippen molar-refractivity contribution in [2.24, 2.45) is 0 Å². The number of nitrogens with zero attached hydrogens (tertiary/aromatic N) is 1. The molecule has 0 N–H and O–H groups in total. The van der Waals surface area contributed by atoms with Crippen LogP contribution in [0, 0.1) is 0 Å². The Morgan fingerprint density at radius 2 is 0.852 bits per heavy atom. The Bertz CT molecular complexity index is 373. The molecular weight excluding hydrogens is 354 g/mol. The van der Waals surface area contributed by atoms with Gasteiger partial charge in [0, 0.05) is 6.42 Å². The fourth-order valence-corrected chi connectivity index (χ4v) is 4.23. The van der Waals surface area contributed by atoms with Gasteiger partial charge in [0.2, 0.25) is 0 Å². The Balaban J connectivity index is 3.24. The molecule has 0 unspecified atom stereocenters. The van der Waals surface area contributed by atoms with E-state index in [-0.39, 0.29) is 0 Å². The van der Waals surface area contributed by atoms with Gasteiger partial charge in [0.15, 0.2) is 0 Å². The minimum Gasteiger partial charge on any atom is -0.328 e. The molecule has 0 aliphatic rings. The highest BCUT2D eigenvalue weighted by atomic mass is 32.2. The molecular formula is C23H50NO2S+. The van der Waals surface area contributed by atoms with E-state index in [1.807, 2.05) is 0 Å². The molecule has 0 aliphatic carbocycles. The average molecular weight is 405 g/mol. The van der Waals surface area contributed by atoms with Gasteiger partial charge in [0.05, 0.1) is 32.9 Å². The third-order valence-corrected chi connectivity index (χ3v) is 6.40. The molecule has 0 radical (unpaired) electrons. The molecule has 0 aromatic heterocycles. The van der Waals surface area contributed by atoms with E-state index in [1.165, 1.54) is 109 Å². The van der Waals surface area contributed by atoms with Crippen molar-refractivity contribution in [1.29, 1.82) is 0 Å². The van der Waals surface area contributed by atoms with Gasteiger partial charge in [-0.3, -0.25) is 0 Å². The van der Waals surface area contributed by atoms with Crippen LogP contribution < -0.4 is 0 Å². The molecule has 0 saturated carbocycles. The van der Waals surface area contributed by atoms with E-state index in [9.17, 15) is 8.42 Å². The molecule has 3 nitrogen and oxygen atoms in total. The van der Waals surface area contributed by atoms with E-state index in [4.69, 9.17) is 0 Å². The Morgan fingerprint density at radius 1 is 0.519 bits per heavy atom. The molecule has 0 heterocycles. The van der Waals surface area contributed by atoms with Crippen molar-refractivity contribution in [2.45, 2.75) is 116 Å². The summed E-state index contributed by atoms with van der Waals surface area (Å²) in [6, 6.07) is 0. The lowest BCUT2D eigenvalue weighted by Gasteiger charge is -2.29. The molecule has 4 heteroatoms. The quantitative estimate of drug-likeness (QED) is 0.138. The van der Waals surface area contributed by atoms with Crippen molar-refractivity contribution in [3.05, 3.63) is 0 Å². The molecule has 0 amide bonds. The second-order valence-corrected chi connectivity index (χ2v) is 10.2. The molecule has 0 rings (SSSR count). The van der Waals surface area contributed by atoms with Crippen molar-refractivity contribution in [2.75, 3.05) is 32.9 Å². The highest BCUT2D eigenvalue weighted by Gasteiger charge is 2.13. The Hall–Kier alpha value is -0.0900. The zero-order valence-corrected chi connectivity index (χ0v) is 19.7. The summed E-state index contributed by atoms with van der Waals surface area (Å²) < 4.78 is 22.2. The monoisotopic (exact) mass is 404 g/mol. The number of hydrogen-bond donors (Lipinski definition) is 1.